The number of likely N-dealkylation sites (N-methyl/N-ethyl adjacent to an activating group) is 1. The first kappa shape index (κ1) is 14.8. The highest BCUT2D eigenvalue weighted by Crippen LogP contribution is 2.25. The van der Waals surface area contributed by atoms with Gasteiger partial charge < -0.3 is 10.2 Å². The van der Waals surface area contributed by atoms with Gasteiger partial charge in [0.15, 0.2) is 0 Å². The zero-order valence-corrected chi connectivity index (χ0v) is 12.7. The molecule has 2 aliphatic rings. The summed E-state index contributed by atoms with van der Waals surface area (Å²) in [6, 6.07) is 0.807. The van der Waals surface area contributed by atoms with Gasteiger partial charge in [-0.1, -0.05) is 20.3 Å². The molecule has 110 valence electrons. The number of nitrogens with one attached hydrogen (secondary N) is 1. The van der Waals surface area contributed by atoms with E-state index in [0.717, 1.165) is 32.6 Å². The number of nitrogens with zero attached hydrogens (tertiary/aromatic N) is 2. The maximum Gasteiger partial charge on any atom is 0.239 e. The molecule has 0 aromatic heterocycles. The van der Waals surface area contributed by atoms with Crippen molar-refractivity contribution < 1.29 is 4.79 Å². The quantitative estimate of drug-likeness (QED) is 0.816. The smallest absolute Gasteiger partial charge is 0.239 e. The van der Waals surface area contributed by atoms with E-state index in [1.165, 1.54) is 19.3 Å². The lowest BCUT2D eigenvalue weighted by Crippen LogP contribution is -2.53. The van der Waals surface area contributed by atoms with Crippen LogP contribution in [0.4, 0.5) is 0 Å². The van der Waals surface area contributed by atoms with Gasteiger partial charge in [-0.15, -0.1) is 0 Å². The highest BCUT2D eigenvalue weighted by molar-refractivity contribution is 5.83. The SMILES string of the molecule is CCCNC1CCN(C2CCN(C)C2=O)CC1CC. The molecule has 2 fully saturated rings. The molecule has 19 heavy (non-hydrogen) atoms. The molecule has 0 radical (unpaired) electrons. The Bertz CT molecular complexity index is 308. The molecule has 4 nitrogen and oxygen atoms in total. The van der Waals surface area contributed by atoms with Crippen molar-refractivity contribution in [3.05, 3.63) is 0 Å². The number of carbonyl (C=O) groups is 1. The molecule has 2 heterocycles. The lowest BCUT2D eigenvalue weighted by molar-refractivity contribution is -0.131. The predicted molar refractivity (Wildman–Crippen MR) is 78.1 cm³/mol. The van der Waals surface area contributed by atoms with Gasteiger partial charge in [0.25, 0.3) is 0 Å². The first-order valence-electron chi connectivity index (χ1n) is 7.89. The molecule has 3 unspecified atom stereocenters. The number of piperidine rings is 1. The average Bonchev–Trinajstić information content (AvgIpc) is 2.76. The van der Waals surface area contributed by atoms with Crippen molar-refractivity contribution in [3.8, 4) is 0 Å². The summed E-state index contributed by atoms with van der Waals surface area (Å²) in [4.78, 5) is 16.4. The molecule has 0 aliphatic carbocycles. The van der Waals surface area contributed by atoms with Gasteiger partial charge in [0.05, 0.1) is 6.04 Å². The second-order valence-electron chi connectivity index (χ2n) is 6.08. The van der Waals surface area contributed by atoms with Crippen molar-refractivity contribution in [1.82, 2.24) is 15.1 Å². The van der Waals surface area contributed by atoms with E-state index in [0.29, 0.717) is 17.9 Å². The van der Waals surface area contributed by atoms with Crippen LogP contribution in [0.5, 0.6) is 0 Å². The molecule has 0 aromatic rings. The van der Waals surface area contributed by atoms with E-state index < -0.39 is 0 Å². The van der Waals surface area contributed by atoms with Gasteiger partial charge in [-0.05, 0) is 31.7 Å². The van der Waals surface area contributed by atoms with Crippen LogP contribution in [-0.4, -0.2) is 61.0 Å². The third kappa shape index (κ3) is 3.29. The van der Waals surface area contributed by atoms with Crippen LogP contribution in [0.25, 0.3) is 0 Å². The molecule has 1 amide bonds. The van der Waals surface area contributed by atoms with Crippen LogP contribution in [0.1, 0.15) is 39.5 Å². The number of rotatable bonds is 5. The van der Waals surface area contributed by atoms with Gasteiger partial charge in [-0.25, -0.2) is 0 Å². The fourth-order valence-electron chi connectivity index (χ4n) is 3.50. The zero-order valence-electron chi connectivity index (χ0n) is 12.7. The average molecular weight is 267 g/mol. The number of carbonyl (C=O) groups excluding carboxylic acids is 1. The normalized spacial score (nSPS) is 33.1. The Labute approximate surface area is 117 Å². The third-order valence-electron chi connectivity index (χ3n) is 4.79. The number of likely N-dealkylation sites (tertiary alicyclic amines) is 2. The van der Waals surface area contributed by atoms with E-state index >= 15 is 0 Å². The maximum absolute atomic E-state index is 12.1. The summed E-state index contributed by atoms with van der Waals surface area (Å²) >= 11 is 0. The highest BCUT2D eigenvalue weighted by Gasteiger charge is 2.38. The minimum Gasteiger partial charge on any atom is -0.344 e. The maximum atomic E-state index is 12.1. The van der Waals surface area contributed by atoms with Crippen molar-refractivity contribution in [3.63, 3.8) is 0 Å². The van der Waals surface area contributed by atoms with E-state index in [1.807, 2.05) is 11.9 Å². The standard InChI is InChI=1S/C15H29N3O/c1-4-8-16-13-6-10-18(11-12(13)5-2)14-7-9-17(3)15(14)19/h12-14,16H,4-11H2,1-3H3. The Hall–Kier alpha value is -0.610. The molecule has 0 bridgehead atoms. The molecular weight excluding hydrogens is 238 g/mol. The first-order valence-corrected chi connectivity index (χ1v) is 7.89. The molecule has 2 saturated heterocycles. The van der Waals surface area contributed by atoms with E-state index in [-0.39, 0.29) is 6.04 Å². The number of hydrogen-bond acceptors (Lipinski definition) is 3. The van der Waals surface area contributed by atoms with Gasteiger partial charge in [-0.2, -0.15) is 0 Å². The summed E-state index contributed by atoms with van der Waals surface area (Å²) in [6.45, 7) is 8.69. The van der Waals surface area contributed by atoms with Crippen LogP contribution in [0.2, 0.25) is 0 Å². The molecule has 0 aromatic carbocycles. The van der Waals surface area contributed by atoms with Crippen LogP contribution >= 0.6 is 0 Å². The lowest BCUT2D eigenvalue weighted by atomic mass is 9.88. The van der Waals surface area contributed by atoms with Crippen LogP contribution in [0.15, 0.2) is 0 Å². The van der Waals surface area contributed by atoms with Gasteiger partial charge in [-0.3, -0.25) is 9.69 Å². The summed E-state index contributed by atoms with van der Waals surface area (Å²) in [5.41, 5.74) is 0. The molecule has 2 aliphatic heterocycles. The van der Waals surface area contributed by atoms with E-state index in [1.54, 1.807) is 0 Å². The van der Waals surface area contributed by atoms with Gasteiger partial charge in [0.1, 0.15) is 0 Å². The third-order valence-corrected chi connectivity index (χ3v) is 4.79. The molecule has 0 spiro atoms. The van der Waals surface area contributed by atoms with Crippen molar-refractivity contribution in [2.75, 3.05) is 33.2 Å². The molecule has 4 heteroatoms. The minimum absolute atomic E-state index is 0.158. The topological polar surface area (TPSA) is 35.6 Å². The van der Waals surface area contributed by atoms with Crippen LogP contribution in [-0.2, 0) is 4.79 Å². The zero-order chi connectivity index (χ0) is 13.8. The summed E-state index contributed by atoms with van der Waals surface area (Å²) in [5.74, 6) is 1.02. The lowest BCUT2D eigenvalue weighted by Gasteiger charge is -2.40. The molecule has 2 rings (SSSR count). The summed E-state index contributed by atoms with van der Waals surface area (Å²) < 4.78 is 0. The first-order chi connectivity index (χ1) is 9.17. The predicted octanol–water partition coefficient (Wildman–Crippen LogP) is 1.32. The largest absolute Gasteiger partial charge is 0.344 e. The minimum atomic E-state index is 0.158. The Morgan fingerprint density at radius 3 is 2.63 bits per heavy atom. The fourth-order valence-corrected chi connectivity index (χ4v) is 3.50. The Kier molecular flexibility index (Phi) is 5.22. The Morgan fingerprint density at radius 2 is 2.05 bits per heavy atom. The van der Waals surface area contributed by atoms with Crippen molar-refractivity contribution >= 4 is 5.91 Å². The van der Waals surface area contributed by atoms with Crippen LogP contribution in [0, 0.1) is 5.92 Å². The second-order valence-corrected chi connectivity index (χ2v) is 6.08. The Morgan fingerprint density at radius 1 is 1.26 bits per heavy atom. The Balaban J connectivity index is 1.91. The summed E-state index contributed by atoms with van der Waals surface area (Å²) in [7, 11) is 1.93. The van der Waals surface area contributed by atoms with Crippen LogP contribution < -0.4 is 5.32 Å². The van der Waals surface area contributed by atoms with Crippen molar-refractivity contribution in [1.29, 1.82) is 0 Å². The van der Waals surface area contributed by atoms with Gasteiger partial charge in [0.2, 0.25) is 5.91 Å². The molecule has 3 atom stereocenters. The van der Waals surface area contributed by atoms with E-state index in [4.69, 9.17) is 0 Å². The van der Waals surface area contributed by atoms with Gasteiger partial charge >= 0.3 is 0 Å². The second kappa shape index (κ2) is 6.71. The molecular formula is C15H29N3O. The van der Waals surface area contributed by atoms with Crippen LogP contribution in [0.3, 0.4) is 0 Å². The summed E-state index contributed by atoms with van der Waals surface area (Å²) in [5, 5.41) is 3.68. The van der Waals surface area contributed by atoms with E-state index in [2.05, 4.69) is 24.1 Å². The number of amides is 1. The van der Waals surface area contributed by atoms with Crippen molar-refractivity contribution in [2.24, 2.45) is 5.92 Å². The fraction of sp³-hybridized carbons (Fsp3) is 0.933. The monoisotopic (exact) mass is 267 g/mol. The molecule has 1 N–H and O–H groups in total. The van der Waals surface area contributed by atoms with Gasteiger partial charge in [0, 0.05) is 32.7 Å². The van der Waals surface area contributed by atoms with Crippen molar-refractivity contribution in [2.45, 2.75) is 51.6 Å². The van der Waals surface area contributed by atoms with E-state index in [9.17, 15) is 4.79 Å². The number of hydrogen-bond donors (Lipinski definition) is 1. The molecule has 0 saturated carbocycles. The summed E-state index contributed by atoms with van der Waals surface area (Å²) in [6.07, 6.45) is 4.60. The highest BCUT2D eigenvalue weighted by atomic mass is 16.2.